The van der Waals surface area contributed by atoms with E-state index >= 15 is 0 Å². The molecular weight excluding hydrogens is 279 g/mol. The highest BCUT2D eigenvalue weighted by Gasteiger charge is 2.28. The zero-order valence-corrected chi connectivity index (χ0v) is 10.5. The fourth-order valence-corrected chi connectivity index (χ4v) is 1.57. The van der Waals surface area contributed by atoms with Gasteiger partial charge in [-0.1, -0.05) is 0 Å². The van der Waals surface area contributed by atoms with Crippen molar-refractivity contribution in [3.63, 3.8) is 0 Å². The van der Waals surface area contributed by atoms with Gasteiger partial charge in [0.15, 0.2) is 5.78 Å². The number of carbonyl (C=O) groups is 1. The van der Waals surface area contributed by atoms with E-state index in [0.717, 1.165) is 0 Å². The molecule has 0 aromatic heterocycles. The lowest BCUT2D eigenvalue weighted by atomic mass is 10.3. The highest BCUT2D eigenvalue weighted by Crippen LogP contribution is 2.36. The monoisotopic (exact) mass is 287 g/mol. The Morgan fingerprint density at radius 1 is 1.37 bits per heavy atom. The molecular formula is C11H8F3N3OS. The van der Waals surface area contributed by atoms with Gasteiger partial charge in [0, 0.05) is 11.8 Å². The Hall–Kier alpha value is -2.01. The minimum atomic E-state index is -4.34. The molecule has 0 aliphatic carbocycles. The first-order chi connectivity index (χ1) is 8.81. The van der Waals surface area contributed by atoms with Crippen molar-refractivity contribution in [2.24, 2.45) is 5.10 Å². The molecule has 0 heterocycles. The number of ketones is 1. The lowest BCUT2D eigenvalue weighted by molar-refractivity contribution is -0.110. The molecule has 0 amide bonds. The summed E-state index contributed by atoms with van der Waals surface area (Å²) in [6, 6.07) is 6.85. The summed E-state index contributed by atoms with van der Waals surface area (Å²) in [6.45, 7) is 1.19. The second-order valence-electron chi connectivity index (χ2n) is 3.31. The molecule has 0 spiro atoms. The number of nitrogens with one attached hydrogen (secondary N) is 1. The van der Waals surface area contributed by atoms with Gasteiger partial charge in [-0.05, 0) is 36.0 Å². The number of benzene rings is 1. The largest absolute Gasteiger partial charge is 0.446 e. The summed E-state index contributed by atoms with van der Waals surface area (Å²) < 4.78 is 36.2. The van der Waals surface area contributed by atoms with Crippen LogP contribution in [0, 0.1) is 11.3 Å². The lowest BCUT2D eigenvalue weighted by Crippen LogP contribution is -2.09. The number of thioether (sulfide) groups is 1. The van der Waals surface area contributed by atoms with Crippen molar-refractivity contribution < 1.29 is 18.0 Å². The number of hydrogen-bond acceptors (Lipinski definition) is 5. The van der Waals surface area contributed by atoms with E-state index in [0.29, 0.717) is 5.69 Å². The van der Waals surface area contributed by atoms with Crippen molar-refractivity contribution >= 4 is 28.9 Å². The van der Waals surface area contributed by atoms with Crippen LogP contribution in [0.5, 0.6) is 0 Å². The summed E-state index contributed by atoms with van der Waals surface area (Å²) in [6.07, 6.45) is 0. The van der Waals surface area contributed by atoms with Gasteiger partial charge in [0.2, 0.25) is 5.71 Å². The van der Waals surface area contributed by atoms with Crippen LogP contribution in [0.2, 0.25) is 0 Å². The number of rotatable bonds is 4. The van der Waals surface area contributed by atoms with E-state index in [1.54, 1.807) is 6.07 Å². The van der Waals surface area contributed by atoms with Crippen LogP contribution in [0.3, 0.4) is 0 Å². The van der Waals surface area contributed by atoms with E-state index in [1.807, 2.05) is 0 Å². The van der Waals surface area contributed by atoms with Gasteiger partial charge in [-0.25, -0.2) is 0 Å². The van der Waals surface area contributed by atoms with Crippen molar-refractivity contribution in [1.82, 2.24) is 0 Å². The number of anilines is 1. The highest BCUT2D eigenvalue weighted by molar-refractivity contribution is 8.00. The molecule has 1 aromatic rings. The Morgan fingerprint density at radius 2 is 1.95 bits per heavy atom. The standard InChI is InChI=1S/C11H8F3N3OS/c1-7(18)10(6-15)17-16-8-2-4-9(5-3-8)19-11(12,13)14/h2-5,16H,1H3/b17-10+. The van der Waals surface area contributed by atoms with Gasteiger partial charge in [0.1, 0.15) is 6.07 Å². The lowest BCUT2D eigenvalue weighted by Gasteiger charge is -2.06. The van der Waals surface area contributed by atoms with Crippen LogP contribution in [0.1, 0.15) is 6.92 Å². The topological polar surface area (TPSA) is 65.2 Å². The Labute approximate surface area is 111 Å². The van der Waals surface area contributed by atoms with Gasteiger partial charge >= 0.3 is 5.51 Å². The second-order valence-corrected chi connectivity index (χ2v) is 4.45. The summed E-state index contributed by atoms with van der Waals surface area (Å²) in [4.78, 5) is 10.9. The number of Topliss-reactive ketones (excluding diaryl/α,β-unsaturated/α-hetero) is 1. The van der Waals surface area contributed by atoms with Crippen molar-refractivity contribution in [1.29, 1.82) is 5.26 Å². The van der Waals surface area contributed by atoms with E-state index in [4.69, 9.17) is 5.26 Å². The van der Waals surface area contributed by atoms with E-state index in [9.17, 15) is 18.0 Å². The molecule has 0 bridgehead atoms. The molecule has 1 aromatic carbocycles. The Kier molecular flexibility index (Phi) is 4.94. The van der Waals surface area contributed by atoms with Crippen LogP contribution in [0.15, 0.2) is 34.3 Å². The molecule has 0 radical (unpaired) electrons. The molecule has 100 valence electrons. The number of carbonyl (C=O) groups excluding carboxylic acids is 1. The normalized spacial score (nSPS) is 11.8. The van der Waals surface area contributed by atoms with E-state index in [-0.39, 0.29) is 22.4 Å². The summed E-state index contributed by atoms with van der Waals surface area (Å²) in [5.41, 5.74) is -1.85. The van der Waals surface area contributed by atoms with Crippen molar-refractivity contribution in [2.45, 2.75) is 17.3 Å². The molecule has 0 atom stereocenters. The van der Waals surface area contributed by atoms with Crippen LogP contribution < -0.4 is 5.43 Å². The molecule has 4 nitrogen and oxygen atoms in total. The molecule has 1 rings (SSSR count). The maximum atomic E-state index is 12.1. The number of nitrogens with zero attached hydrogens (tertiary/aromatic N) is 2. The first kappa shape index (κ1) is 15.0. The predicted octanol–water partition coefficient (Wildman–Crippen LogP) is 3.18. The molecule has 19 heavy (non-hydrogen) atoms. The second kappa shape index (κ2) is 6.24. The molecule has 0 aliphatic rings. The smallest absolute Gasteiger partial charge is 0.292 e. The van der Waals surface area contributed by atoms with Crippen LogP contribution in [-0.4, -0.2) is 17.0 Å². The van der Waals surface area contributed by atoms with Crippen LogP contribution in [-0.2, 0) is 4.79 Å². The minimum Gasteiger partial charge on any atom is -0.292 e. The summed E-state index contributed by atoms with van der Waals surface area (Å²) in [5, 5.41) is 12.1. The van der Waals surface area contributed by atoms with Crippen LogP contribution in [0.25, 0.3) is 0 Å². The highest BCUT2D eigenvalue weighted by atomic mass is 32.2. The predicted molar refractivity (Wildman–Crippen MR) is 65.7 cm³/mol. The van der Waals surface area contributed by atoms with E-state index < -0.39 is 11.3 Å². The maximum Gasteiger partial charge on any atom is 0.446 e. The third-order valence-corrected chi connectivity index (χ3v) is 2.56. The van der Waals surface area contributed by atoms with Gasteiger partial charge in [0.25, 0.3) is 0 Å². The molecule has 0 saturated carbocycles. The minimum absolute atomic E-state index is 0.0362. The van der Waals surface area contributed by atoms with Crippen molar-refractivity contribution in [3.05, 3.63) is 24.3 Å². The first-order valence-corrected chi connectivity index (χ1v) is 5.74. The average Bonchev–Trinajstić information content (AvgIpc) is 2.29. The third-order valence-electron chi connectivity index (χ3n) is 1.82. The Morgan fingerprint density at radius 3 is 2.37 bits per heavy atom. The van der Waals surface area contributed by atoms with Gasteiger partial charge in [-0.2, -0.15) is 23.5 Å². The molecule has 1 N–H and O–H groups in total. The van der Waals surface area contributed by atoms with Gasteiger partial charge in [-0.15, -0.1) is 0 Å². The SMILES string of the molecule is CC(=O)/C(C#N)=N/Nc1ccc(SC(F)(F)F)cc1. The van der Waals surface area contributed by atoms with E-state index in [1.165, 1.54) is 31.2 Å². The zero-order chi connectivity index (χ0) is 14.5. The fourth-order valence-electron chi connectivity index (χ4n) is 1.03. The van der Waals surface area contributed by atoms with Gasteiger partial charge < -0.3 is 0 Å². The molecule has 0 aliphatic heterocycles. The van der Waals surface area contributed by atoms with E-state index in [2.05, 4.69) is 10.5 Å². The number of hydrogen-bond donors (Lipinski definition) is 1. The van der Waals surface area contributed by atoms with Crippen molar-refractivity contribution in [2.75, 3.05) is 5.43 Å². The number of nitriles is 1. The average molecular weight is 287 g/mol. The first-order valence-electron chi connectivity index (χ1n) is 4.92. The Bertz CT molecular complexity index is 532. The maximum absolute atomic E-state index is 12.1. The fraction of sp³-hybridized carbons (Fsp3) is 0.182. The molecule has 0 fully saturated rings. The van der Waals surface area contributed by atoms with Crippen molar-refractivity contribution in [3.8, 4) is 6.07 Å². The zero-order valence-electron chi connectivity index (χ0n) is 9.65. The molecule has 8 heteroatoms. The summed E-state index contributed by atoms with van der Waals surface area (Å²) >= 11 is -0.227. The number of alkyl halides is 3. The summed E-state index contributed by atoms with van der Waals surface area (Å²) in [5.74, 6) is -0.501. The summed E-state index contributed by atoms with van der Waals surface area (Å²) in [7, 11) is 0. The number of halogens is 3. The van der Waals surface area contributed by atoms with Gasteiger partial charge in [0.05, 0.1) is 5.69 Å². The third kappa shape index (κ3) is 5.44. The molecule has 0 unspecified atom stereocenters. The van der Waals surface area contributed by atoms with Crippen LogP contribution >= 0.6 is 11.8 Å². The van der Waals surface area contributed by atoms with Gasteiger partial charge in [-0.3, -0.25) is 10.2 Å². The van der Waals surface area contributed by atoms with Crippen LogP contribution in [0.4, 0.5) is 18.9 Å². The quantitative estimate of drug-likeness (QED) is 0.525. The number of hydrazone groups is 1. The molecule has 0 saturated heterocycles. The Balaban J connectivity index is 2.73.